The maximum Gasteiger partial charge on any atom is 0.312 e. The molecule has 1 unspecified atom stereocenters. The van der Waals surface area contributed by atoms with E-state index in [0.29, 0.717) is 24.8 Å². The van der Waals surface area contributed by atoms with Crippen LogP contribution >= 0.6 is 11.3 Å². The molecule has 9 heteroatoms. The van der Waals surface area contributed by atoms with E-state index in [1.165, 1.54) is 17.5 Å². The van der Waals surface area contributed by atoms with Crippen LogP contribution in [0.15, 0.2) is 35.8 Å². The average molecular weight is 364 g/mol. The van der Waals surface area contributed by atoms with E-state index in [-0.39, 0.29) is 12.3 Å². The predicted octanol–water partition coefficient (Wildman–Crippen LogP) is 1.91. The third-order valence-electron chi connectivity index (χ3n) is 3.15. The Labute approximate surface area is 149 Å². The number of ether oxygens (including phenoxy) is 2. The molecule has 0 aliphatic heterocycles. The van der Waals surface area contributed by atoms with Crippen LogP contribution in [0.2, 0.25) is 0 Å². The van der Waals surface area contributed by atoms with E-state index >= 15 is 0 Å². The SMILES string of the molecule is COCCOc1ccc(NC(=O)CC(NC(N)=O)c2cccs2)cn1. The molecular formula is C16H20N4O4S. The lowest BCUT2D eigenvalue weighted by molar-refractivity contribution is -0.116. The number of thiophene rings is 1. The summed E-state index contributed by atoms with van der Waals surface area (Å²) < 4.78 is 10.2. The maximum absolute atomic E-state index is 12.2. The van der Waals surface area contributed by atoms with E-state index in [2.05, 4.69) is 15.6 Å². The molecule has 0 saturated heterocycles. The molecule has 0 bridgehead atoms. The first kappa shape index (κ1) is 18.7. The molecule has 0 spiro atoms. The van der Waals surface area contributed by atoms with Gasteiger partial charge in [0.1, 0.15) is 6.61 Å². The number of anilines is 1. The fourth-order valence-corrected chi connectivity index (χ4v) is 2.83. The highest BCUT2D eigenvalue weighted by Gasteiger charge is 2.18. The van der Waals surface area contributed by atoms with Crippen LogP contribution < -0.4 is 21.1 Å². The van der Waals surface area contributed by atoms with Gasteiger partial charge in [0.25, 0.3) is 0 Å². The summed E-state index contributed by atoms with van der Waals surface area (Å²) in [6.45, 7) is 0.869. The van der Waals surface area contributed by atoms with Crippen LogP contribution in [0.3, 0.4) is 0 Å². The summed E-state index contributed by atoms with van der Waals surface area (Å²) in [4.78, 5) is 28.3. The summed E-state index contributed by atoms with van der Waals surface area (Å²) in [5.74, 6) is 0.184. The van der Waals surface area contributed by atoms with E-state index in [1.54, 1.807) is 19.2 Å². The lowest BCUT2D eigenvalue weighted by atomic mass is 10.1. The standard InChI is InChI=1S/C16H20N4O4S/c1-23-6-7-24-15-5-4-11(10-18-15)19-14(21)9-12(20-16(17)22)13-3-2-8-25-13/h2-5,8,10,12H,6-7,9H2,1H3,(H,19,21)(H3,17,20,22). The predicted molar refractivity (Wildman–Crippen MR) is 94.6 cm³/mol. The quantitative estimate of drug-likeness (QED) is 0.588. The number of nitrogens with one attached hydrogen (secondary N) is 2. The van der Waals surface area contributed by atoms with E-state index < -0.39 is 12.1 Å². The molecule has 4 N–H and O–H groups in total. The van der Waals surface area contributed by atoms with Crippen LogP contribution in [-0.2, 0) is 9.53 Å². The molecule has 25 heavy (non-hydrogen) atoms. The van der Waals surface area contributed by atoms with Crippen LogP contribution in [0.1, 0.15) is 17.3 Å². The Morgan fingerprint density at radius 1 is 1.32 bits per heavy atom. The first-order valence-corrected chi connectivity index (χ1v) is 8.43. The minimum atomic E-state index is -0.676. The summed E-state index contributed by atoms with van der Waals surface area (Å²) >= 11 is 1.44. The number of amides is 3. The zero-order valence-corrected chi connectivity index (χ0v) is 14.5. The van der Waals surface area contributed by atoms with Crippen molar-refractivity contribution in [3.05, 3.63) is 40.7 Å². The van der Waals surface area contributed by atoms with E-state index in [1.807, 2.05) is 17.5 Å². The Morgan fingerprint density at radius 2 is 2.16 bits per heavy atom. The van der Waals surface area contributed by atoms with Crippen LogP contribution in [0.4, 0.5) is 10.5 Å². The van der Waals surface area contributed by atoms with Gasteiger partial charge in [0.05, 0.1) is 31.0 Å². The number of hydrogen-bond acceptors (Lipinski definition) is 6. The normalized spacial score (nSPS) is 11.6. The van der Waals surface area contributed by atoms with Gasteiger partial charge in [0.15, 0.2) is 0 Å². The van der Waals surface area contributed by atoms with Crippen LogP contribution in [-0.4, -0.2) is 37.2 Å². The van der Waals surface area contributed by atoms with Gasteiger partial charge in [-0.15, -0.1) is 11.3 Å². The van der Waals surface area contributed by atoms with E-state index in [0.717, 1.165) is 4.88 Å². The highest BCUT2D eigenvalue weighted by Crippen LogP contribution is 2.22. The van der Waals surface area contributed by atoms with Crippen molar-refractivity contribution in [1.82, 2.24) is 10.3 Å². The first-order valence-electron chi connectivity index (χ1n) is 7.55. The molecule has 2 rings (SSSR count). The molecule has 0 radical (unpaired) electrons. The van der Waals surface area contributed by atoms with Crippen molar-refractivity contribution < 1.29 is 19.1 Å². The highest BCUT2D eigenvalue weighted by molar-refractivity contribution is 7.10. The Balaban J connectivity index is 1.90. The van der Waals surface area contributed by atoms with Gasteiger partial charge >= 0.3 is 6.03 Å². The molecule has 8 nitrogen and oxygen atoms in total. The van der Waals surface area contributed by atoms with Gasteiger partial charge in [-0.1, -0.05) is 6.07 Å². The van der Waals surface area contributed by atoms with Crippen LogP contribution in [0.25, 0.3) is 0 Å². The summed E-state index contributed by atoms with van der Waals surface area (Å²) in [6.07, 6.45) is 1.57. The number of nitrogens with zero attached hydrogens (tertiary/aromatic N) is 1. The zero-order chi connectivity index (χ0) is 18.1. The second-order valence-electron chi connectivity index (χ2n) is 5.06. The van der Waals surface area contributed by atoms with Crippen molar-refractivity contribution in [3.63, 3.8) is 0 Å². The molecule has 3 amide bonds. The first-order chi connectivity index (χ1) is 12.1. The Morgan fingerprint density at radius 3 is 2.76 bits per heavy atom. The molecule has 1 atom stereocenters. The molecular weight excluding hydrogens is 344 g/mol. The topological polar surface area (TPSA) is 116 Å². The molecule has 0 aliphatic rings. The molecule has 2 heterocycles. The largest absolute Gasteiger partial charge is 0.475 e. The highest BCUT2D eigenvalue weighted by atomic mass is 32.1. The van der Waals surface area contributed by atoms with Gasteiger partial charge < -0.3 is 25.8 Å². The van der Waals surface area contributed by atoms with Crippen molar-refractivity contribution in [2.45, 2.75) is 12.5 Å². The number of carbonyl (C=O) groups excluding carboxylic acids is 2. The number of nitrogens with two attached hydrogens (primary N) is 1. The fraction of sp³-hybridized carbons (Fsp3) is 0.312. The monoisotopic (exact) mass is 364 g/mol. The smallest absolute Gasteiger partial charge is 0.312 e. The summed E-state index contributed by atoms with van der Waals surface area (Å²) in [5, 5.41) is 7.18. The zero-order valence-electron chi connectivity index (χ0n) is 13.7. The number of urea groups is 1. The van der Waals surface area contributed by atoms with Crippen LogP contribution in [0, 0.1) is 0 Å². The number of hydrogen-bond donors (Lipinski definition) is 3. The van der Waals surface area contributed by atoms with Gasteiger partial charge in [-0.3, -0.25) is 4.79 Å². The Hall–Kier alpha value is -2.65. The van der Waals surface area contributed by atoms with Gasteiger partial charge in [-0.2, -0.15) is 0 Å². The van der Waals surface area contributed by atoms with Crippen molar-refractivity contribution in [2.24, 2.45) is 5.73 Å². The van der Waals surface area contributed by atoms with Gasteiger partial charge in [0, 0.05) is 18.1 Å². The number of primary amides is 1. The number of pyridine rings is 1. The Bertz CT molecular complexity index is 676. The molecule has 0 aromatic carbocycles. The number of carbonyl (C=O) groups is 2. The summed E-state index contributed by atoms with van der Waals surface area (Å²) in [7, 11) is 1.59. The van der Waals surface area contributed by atoms with E-state index in [9.17, 15) is 9.59 Å². The summed E-state index contributed by atoms with van der Waals surface area (Å²) in [6, 6.07) is 5.89. The van der Waals surface area contributed by atoms with Crippen molar-refractivity contribution in [2.75, 3.05) is 25.6 Å². The summed E-state index contributed by atoms with van der Waals surface area (Å²) in [5.41, 5.74) is 5.72. The van der Waals surface area contributed by atoms with Crippen molar-refractivity contribution >= 4 is 29.0 Å². The number of rotatable bonds is 9. The van der Waals surface area contributed by atoms with Crippen LogP contribution in [0.5, 0.6) is 5.88 Å². The Kier molecular flexibility index (Phi) is 7.17. The minimum absolute atomic E-state index is 0.0650. The second kappa shape index (κ2) is 9.60. The lowest BCUT2D eigenvalue weighted by Crippen LogP contribution is -2.34. The second-order valence-corrected chi connectivity index (χ2v) is 6.03. The third-order valence-corrected chi connectivity index (χ3v) is 4.14. The lowest BCUT2D eigenvalue weighted by Gasteiger charge is -2.16. The molecule has 2 aromatic rings. The third kappa shape index (κ3) is 6.40. The van der Waals surface area contributed by atoms with Crippen molar-refractivity contribution in [3.8, 4) is 5.88 Å². The van der Waals surface area contributed by atoms with Gasteiger partial charge in [0.2, 0.25) is 11.8 Å². The minimum Gasteiger partial charge on any atom is -0.475 e. The molecule has 0 fully saturated rings. The fourth-order valence-electron chi connectivity index (χ4n) is 2.05. The molecule has 134 valence electrons. The number of aromatic nitrogens is 1. The number of methoxy groups -OCH3 is 1. The maximum atomic E-state index is 12.2. The van der Waals surface area contributed by atoms with Gasteiger partial charge in [-0.25, -0.2) is 9.78 Å². The molecule has 2 aromatic heterocycles. The molecule has 0 saturated carbocycles. The van der Waals surface area contributed by atoms with Gasteiger partial charge in [-0.05, 0) is 17.5 Å². The average Bonchev–Trinajstić information content (AvgIpc) is 3.10. The van der Waals surface area contributed by atoms with Crippen molar-refractivity contribution in [1.29, 1.82) is 0 Å². The van der Waals surface area contributed by atoms with E-state index in [4.69, 9.17) is 15.2 Å². The molecule has 0 aliphatic carbocycles.